The zero-order valence-electron chi connectivity index (χ0n) is 32.7. The fraction of sp³-hybridized carbons (Fsp3) is 0.511. The van der Waals surface area contributed by atoms with Gasteiger partial charge >= 0.3 is 17.9 Å². The largest absolute Gasteiger partial charge is 0.481 e. The summed E-state index contributed by atoms with van der Waals surface area (Å²) in [5.74, 6) is -3.66. The van der Waals surface area contributed by atoms with Crippen LogP contribution < -0.4 is 16.0 Å². The molecule has 1 amide bonds. The molecule has 3 heterocycles. The molecule has 0 aromatic heterocycles. The smallest absolute Gasteiger partial charge is 0.307 e. The molecule has 57 heavy (non-hydrogen) atoms. The molecular formula is C45H58N4O8. The number of benzene rings is 3. The predicted molar refractivity (Wildman–Crippen MR) is 216 cm³/mol. The second-order valence-electron chi connectivity index (χ2n) is 16.2. The molecule has 6 atom stereocenters. The Labute approximate surface area is 335 Å². The fourth-order valence-electron chi connectivity index (χ4n) is 8.92. The van der Waals surface area contributed by atoms with Crippen LogP contribution in [0.4, 0.5) is 0 Å². The van der Waals surface area contributed by atoms with Gasteiger partial charge in [-0.3, -0.25) is 19.2 Å². The lowest BCUT2D eigenvalue weighted by atomic mass is 9.86. The van der Waals surface area contributed by atoms with Crippen LogP contribution in [0.15, 0.2) is 72.8 Å². The molecule has 3 saturated heterocycles. The zero-order chi connectivity index (χ0) is 40.1. The van der Waals surface area contributed by atoms with Gasteiger partial charge in [0.15, 0.2) is 0 Å². The summed E-state index contributed by atoms with van der Waals surface area (Å²) in [7, 11) is 0. The number of amides is 1. The van der Waals surface area contributed by atoms with E-state index in [2.05, 4.69) is 16.0 Å². The van der Waals surface area contributed by atoms with E-state index in [1.54, 1.807) is 4.90 Å². The molecule has 0 saturated carbocycles. The maximum Gasteiger partial charge on any atom is 0.307 e. The molecule has 0 radical (unpaired) electrons. The number of hydrogen-bond donors (Lipinski definition) is 6. The molecule has 0 spiro atoms. The van der Waals surface area contributed by atoms with Gasteiger partial charge in [-0.05, 0) is 129 Å². The number of nitrogens with one attached hydrogen (secondary N) is 3. The molecule has 3 aliphatic rings. The van der Waals surface area contributed by atoms with Crippen LogP contribution in [0.5, 0.6) is 0 Å². The predicted octanol–water partition coefficient (Wildman–Crippen LogP) is 4.03. The minimum absolute atomic E-state index is 0.0678. The van der Waals surface area contributed by atoms with Crippen molar-refractivity contribution in [1.29, 1.82) is 0 Å². The van der Waals surface area contributed by atoms with Gasteiger partial charge in [0.25, 0.3) is 0 Å². The minimum Gasteiger partial charge on any atom is -0.481 e. The summed E-state index contributed by atoms with van der Waals surface area (Å²) in [6.45, 7) is 5.80. The Bertz CT molecular complexity index is 1820. The first kappa shape index (κ1) is 42.0. The second-order valence-corrected chi connectivity index (χ2v) is 16.2. The Hall–Kier alpha value is -4.62. The number of carboxylic acids is 3. The zero-order valence-corrected chi connectivity index (χ0v) is 32.7. The first-order valence-corrected chi connectivity index (χ1v) is 20.5. The van der Waals surface area contributed by atoms with Crippen LogP contribution in [0.3, 0.4) is 0 Å². The van der Waals surface area contributed by atoms with Crippen molar-refractivity contribution in [2.75, 3.05) is 52.4 Å². The van der Waals surface area contributed by atoms with Crippen LogP contribution in [0.25, 0.3) is 0 Å². The van der Waals surface area contributed by atoms with Crippen molar-refractivity contribution in [3.05, 3.63) is 106 Å². The van der Waals surface area contributed by atoms with Crippen molar-refractivity contribution in [1.82, 2.24) is 20.9 Å². The topological polar surface area (TPSA) is 178 Å². The molecule has 0 bridgehead atoms. The standard InChI is InChI=1S/C45H58N4O8/c50-42(24-33-7-1-4-30(18-33)21-39(43(51)52)36-10-13-46-25-36)49(28-34-8-2-5-31(19-34)22-40(44(53)54)37-11-14-47-26-37)16-17-57-29-35-9-3-6-32(20-35)23-41(45(55)56)38-12-15-48-27-38/h1-9,18-20,36-41,46-48H,10-17,21-29H2,(H,51,52)(H,53,54)(H,55,56)/t36-,37-,38-,39-,40-,41-/m0/s1. The van der Waals surface area contributed by atoms with Crippen molar-refractivity contribution in [3.63, 3.8) is 0 Å². The maximum absolute atomic E-state index is 14.1. The van der Waals surface area contributed by atoms with Crippen molar-refractivity contribution in [2.45, 2.75) is 58.1 Å². The van der Waals surface area contributed by atoms with Gasteiger partial charge in [-0.25, -0.2) is 0 Å². The van der Waals surface area contributed by atoms with E-state index < -0.39 is 35.7 Å². The van der Waals surface area contributed by atoms with E-state index >= 15 is 0 Å². The maximum atomic E-state index is 14.1. The van der Waals surface area contributed by atoms with E-state index in [0.29, 0.717) is 52.0 Å². The summed E-state index contributed by atoms with van der Waals surface area (Å²) >= 11 is 0. The lowest BCUT2D eigenvalue weighted by Gasteiger charge is -2.24. The highest BCUT2D eigenvalue weighted by Crippen LogP contribution is 2.27. The number of carboxylic acid groups (broad SMARTS) is 3. The Morgan fingerprint density at radius 1 is 0.596 bits per heavy atom. The molecule has 12 nitrogen and oxygen atoms in total. The molecule has 0 unspecified atom stereocenters. The van der Waals surface area contributed by atoms with Gasteiger partial charge in [0.05, 0.1) is 37.4 Å². The van der Waals surface area contributed by atoms with E-state index in [9.17, 15) is 34.5 Å². The highest BCUT2D eigenvalue weighted by Gasteiger charge is 2.33. The van der Waals surface area contributed by atoms with E-state index in [4.69, 9.17) is 4.74 Å². The lowest BCUT2D eigenvalue weighted by Crippen LogP contribution is -2.35. The molecule has 3 aromatic rings. The number of hydrogen-bond acceptors (Lipinski definition) is 8. The van der Waals surface area contributed by atoms with Gasteiger partial charge < -0.3 is 40.9 Å². The van der Waals surface area contributed by atoms with Crippen LogP contribution >= 0.6 is 0 Å². The van der Waals surface area contributed by atoms with Gasteiger partial charge in [-0.1, -0.05) is 72.8 Å². The monoisotopic (exact) mass is 782 g/mol. The third-order valence-corrected chi connectivity index (χ3v) is 12.2. The normalized spacial score (nSPS) is 20.9. The number of carbonyl (C=O) groups excluding carboxylic acids is 1. The van der Waals surface area contributed by atoms with Crippen LogP contribution in [0.2, 0.25) is 0 Å². The van der Waals surface area contributed by atoms with E-state index in [0.717, 1.165) is 78.8 Å². The first-order chi connectivity index (χ1) is 27.6. The quantitative estimate of drug-likeness (QED) is 0.0861. The average Bonchev–Trinajstić information content (AvgIpc) is 4.02. The van der Waals surface area contributed by atoms with Gasteiger partial charge in [-0.15, -0.1) is 0 Å². The fourth-order valence-corrected chi connectivity index (χ4v) is 8.92. The lowest BCUT2D eigenvalue weighted by molar-refractivity contribution is -0.144. The number of ether oxygens (including phenoxy) is 1. The average molecular weight is 783 g/mol. The van der Waals surface area contributed by atoms with Gasteiger partial charge in [0.2, 0.25) is 5.91 Å². The Kier molecular flexibility index (Phi) is 15.2. The number of carbonyl (C=O) groups is 4. The third-order valence-electron chi connectivity index (χ3n) is 12.2. The summed E-state index contributed by atoms with van der Waals surface area (Å²) < 4.78 is 6.14. The molecule has 3 aliphatic heterocycles. The van der Waals surface area contributed by atoms with Crippen molar-refractivity contribution >= 4 is 23.8 Å². The third kappa shape index (κ3) is 12.2. The summed E-state index contributed by atoms with van der Waals surface area (Å²) in [5, 5.41) is 39.8. The summed E-state index contributed by atoms with van der Waals surface area (Å²) in [4.78, 5) is 52.4. The van der Waals surface area contributed by atoms with Crippen LogP contribution in [0.1, 0.15) is 52.6 Å². The second kappa shape index (κ2) is 20.7. The molecule has 6 rings (SSSR count). The summed E-state index contributed by atoms with van der Waals surface area (Å²) in [6.07, 6.45) is 3.93. The minimum atomic E-state index is -0.800. The molecule has 6 N–H and O–H groups in total. The van der Waals surface area contributed by atoms with Gasteiger partial charge in [-0.2, -0.15) is 0 Å². The molecule has 0 aliphatic carbocycles. The van der Waals surface area contributed by atoms with Gasteiger partial charge in [0.1, 0.15) is 0 Å². The molecule has 306 valence electrons. The van der Waals surface area contributed by atoms with Crippen LogP contribution in [-0.2, 0) is 62.7 Å². The summed E-state index contributed by atoms with van der Waals surface area (Å²) in [6, 6.07) is 23.3. The van der Waals surface area contributed by atoms with Crippen LogP contribution in [0, 0.1) is 35.5 Å². The number of rotatable bonds is 21. The Morgan fingerprint density at radius 3 is 1.44 bits per heavy atom. The van der Waals surface area contributed by atoms with E-state index in [-0.39, 0.29) is 36.7 Å². The SMILES string of the molecule is O=C(O)[C@@H](Cc1cccc(COCCN(Cc2cccc(C[C@H](C(=O)O)[C@H]3CCNC3)c2)C(=O)Cc2cccc(C[C@H](C(=O)O)[C@H]3CCNC3)c2)c1)[C@H]1CCNC1. The van der Waals surface area contributed by atoms with Gasteiger partial charge in [0, 0.05) is 13.1 Å². The number of aliphatic carboxylic acids is 3. The van der Waals surface area contributed by atoms with Crippen molar-refractivity contribution < 1.29 is 39.2 Å². The van der Waals surface area contributed by atoms with Crippen molar-refractivity contribution in [2.24, 2.45) is 35.5 Å². The van der Waals surface area contributed by atoms with E-state index in [1.807, 2.05) is 72.8 Å². The number of nitrogens with zero attached hydrogens (tertiary/aromatic N) is 1. The molecule has 12 heteroatoms. The van der Waals surface area contributed by atoms with E-state index in [1.165, 1.54) is 0 Å². The highest BCUT2D eigenvalue weighted by atomic mass is 16.5. The summed E-state index contributed by atoms with van der Waals surface area (Å²) in [5.41, 5.74) is 5.41. The highest BCUT2D eigenvalue weighted by molar-refractivity contribution is 5.79. The molecule has 3 fully saturated rings. The Morgan fingerprint density at radius 2 is 1.00 bits per heavy atom. The Balaban J connectivity index is 1.12. The molecule has 3 aromatic carbocycles. The molecular weight excluding hydrogens is 725 g/mol. The van der Waals surface area contributed by atoms with Crippen molar-refractivity contribution in [3.8, 4) is 0 Å². The first-order valence-electron chi connectivity index (χ1n) is 20.5. The van der Waals surface area contributed by atoms with Crippen LogP contribution in [-0.4, -0.2) is 96.5 Å².